The van der Waals surface area contributed by atoms with Gasteiger partial charge in [-0.1, -0.05) is 54.2 Å². The fourth-order valence-electron chi connectivity index (χ4n) is 2.72. The van der Waals surface area contributed by atoms with Crippen LogP contribution >= 0.6 is 11.8 Å². The average Bonchev–Trinajstić information content (AvgIpc) is 3.22. The van der Waals surface area contributed by atoms with E-state index in [1.807, 2.05) is 54.6 Å². The maximum absolute atomic E-state index is 12.0. The predicted molar refractivity (Wildman–Crippen MR) is 103 cm³/mol. The molecule has 3 aromatic rings. The molecule has 7 nitrogen and oxygen atoms in total. The van der Waals surface area contributed by atoms with E-state index in [4.69, 9.17) is 13.9 Å². The van der Waals surface area contributed by atoms with Crippen molar-refractivity contribution in [3.63, 3.8) is 0 Å². The number of amides is 1. The lowest BCUT2D eigenvalue weighted by Gasteiger charge is -2.23. The second-order valence-corrected chi connectivity index (χ2v) is 7.07. The first-order chi connectivity index (χ1) is 13.8. The van der Waals surface area contributed by atoms with Gasteiger partial charge in [-0.25, -0.2) is 0 Å². The highest BCUT2D eigenvalue weighted by Crippen LogP contribution is 2.35. The lowest BCUT2D eigenvalue weighted by Crippen LogP contribution is -2.27. The largest absolute Gasteiger partial charge is 0.485 e. The van der Waals surface area contributed by atoms with E-state index in [1.165, 1.54) is 17.3 Å². The Hall–Kier alpha value is -3.00. The summed E-state index contributed by atoms with van der Waals surface area (Å²) in [6.45, 7) is 0.883. The number of ether oxygens (including phenoxy) is 2. The number of para-hydroxylation sites is 2. The van der Waals surface area contributed by atoms with E-state index in [1.54, 1.807) is 0 Å². The van der Waals surface area contributed by atoms with Crippen molar-refractivity contribution in [3.8, 4) is 11.5 Å². The minimum absolute atomic E-state index is 0.0770. The van der Waals surface area contributed by atoms with E-state index in [2.05, 4.69) is 15.5 Å². The van der Waals surface area contributed by atoms with Crippen LogP contribution in [0.5, 0.6) is 11.5 Å². The maximum atomic E-state index is 12.0. The van der Waals surface area contributed by atoms with Crippen LogP contribution in [-0.4, -0.2) is 35.0 Å². The first-order valence-electron chi connectivity index (χ1n) is 8.93. The Kier molecular flexibility index (Phi) is 5.77. The number of hydrogen-bond donors (Lipinski definition) is 1. The predicted octanol–water partition coefficient (Wildman–Crippen LogP) is 3.03. The van der Waals surface area contributed by atoms with Crippen molar-refractivity contribution in [1.82, 2.24) is 15.5 Å². The quantitative estimate of drug-likeness (QED) is 0.613. The lowest BCUT2D eigenvalue weighted by atomic mass is 10.1. The Bertz CT molecular complexity index is 932. The number of nitrogens with one attached hydrogen (secondary N) is 1. The summed E-state index contributed by atoms with van der Waals surface area (Å²) in [4.78, 5) is 12.0. The van der Waals surface area contributed by atoms with Gasteiger partial charge in [-0.05, 0) is 24.1 Å². The molecular weight excluding hydrogens is 378 g/mol. The van der Waals surface area contributed by atoms with Crippen LogP contribution in [0, 0.1) is 0 Å². The van der Waals surface area contributed by atoms with Crippen LogP contribution in [0.25, 0.3) is 0 Å². The molecule has 8 heteroatoms. The third kappa shape index (κ3) is 4.64. The van der Waals surface area contributed by atoms with Crippen molar-refractivity contribution < 1.29 is 18.7 Å². The van der Waals surface area contributed by atoms with Gasteiger partial charge in [0, 0.05) is 6.54 Å². The SMILES string of the molecule is O=C(CSc1nnc([C@@H]2COc3ccccc3O2)o1)NCCc1ccccc1. The molecule has 1 aliphatic rings. The van der Waals surface area contributed by atoms with Gasteiger partial charge in [0.15, 0.2) is 11.5 Å². The van der Waals surface area contributed by atoms with Crippen molar-refractivity contribution in [3.05, 3.63) is 66.1 Å². The van der Waals surface area contributed by atoms with Gasteiger partial charge in [0.05, 0.1) is 5.75 Å². The molecule has 2 heterocycles. The fourth-order valence-corrected chi connectivity index (χ4v) is 3.32. The molecular formula is C20H19N3O4S. The monoisotopic (exact) mass is 397 g/mol. The van der Waals surface area contributed by atoms with Crippen LogP contribution in [0.2, 0.25) is 0 Å². The van der Waals surface area contributed by atoms with Crippen LogP contribution in [0.15, 0.2) is 64.2 Å². The topological polar surface area (TPSA) is 86.5 Å². The summed E-state index contributed by atoms with van der Waals surface area (Å²) in [7, 11) is 0. The molecule has 144 valence electrons. The Balaban J connectivity index is 1.23. The molecule has 1 aliphatic heterocycles. The molecule has 28 heavy (non-hydrogen) atoms. The van der Waals surface area contributed by atoms with Gasteiger partial charge in [-0.15, -0.1) is 10.2 Å². The molecule has 0 aliphatic carbocycles. The van der Waals surface area contributed by atoms with Crippen molar-refractivity contribution in [2.45, 2.75) is 17.7 Å². The number of benzene rings is 2. The number of rotatable bonds is 7. The normalized spacial score (nSPS) is 15.2. The molecule has 2 aromatic carbocycles. The van der Waals surface area contributed by atoms with Gasteiger partial charge in [-0.2, -0.15) is 0 Å². The number of carbonyl (C=O) groups is 1. The van der Waals surface area contributed by atoms with Gasteiger partial charge >= 0.3 is 0 Å². The molecule has 0 fully saturated rings. The molecule has 0 radical (unpaired) electrons. The summed E-state index contributed by atoms with van der Waals surface area (Å²) in [6.07, 6.45) is 0.332. The molecule has 1 N–H and O–H groups in total. The molecule has 0 saturated carbocycles. The summed E-state index contributed by atoms with van der Waals surface area (Å²) < 4.78 is 17.1. The zero-order chi connectivity index (χ0) is 19.2. The van der Waals surface area contributed by atoms with Crippen LogP contribution in [0.4, 0.5) is 0 Å². The van der Waals surface area contributed by atoms with E-state index in [0.29, 0.717) is 35.8 Å². The molecule has 1 aromatic heterocycles. The van der Waals surface area contributed by atoms with E-state index < -0.39 is 6.10 Å². The first kappa shape index (κ1) is 18.4. The summed E-state index contributed by atoms with van der Waals surface area (Å²) in [5, 5.41) is 11.2. The molecule has 0 saturated heterocycles. The molecule has 0 spiro atoms. The van der Waals surface area contributed by atoms with E-state index in [9.17, 15) is 4.79 Å². The molecule has 1 amide bonds. The number of fused-ring (bicyclic) bond motifs is 1. The molecule has 4 rings (SSSR count). The first-order valence-corrected chi connectivity index (χ1v) is 9.92. The third-order valence-corrected chi connectivity index (χ3v) is 4.93. The smallest absolute Gasteiger partial charge is 0.277 e. The Morgan fingerprint density at radius 1 is 1.07 bits per heavy atom. The zero-order valence-corrected chi connectivity index (χ0v) is 15.9. The minimum Gasteiger partial charge on any atom is -0.485 e. The van der Waals surface area contributed by atoms with Crippen LogP contribution < -0.4 is 14.8 Å². The summed E-state index contributed by atoms with van der Waals surface area (Å²) in [5.74, 6) is 1.80. The van der Waals surface area contributed by atoms with Gasteiger partial charge in [-0.3, -0.25) is 4.79 Å². The number of carbonyl (C=O) groups excluding carboxylic acids is 1. The second kappa shape index (κ2) is 8.79. The number of aromatic nitrogens is 2. The van der Waals surface area contributed by atoms with Crippen molar-refractivity contribution in [2.75, 3.05) is 18.9 Å². The van der Waals surface area contributed by atoms with Gasteiger partial charge < -0.3 is 19.2 Å². The Morgan fingerprint density at radius 3 is 2.71 bits per heavy atom. The maximum Gasteiger partial charge on any atom is 0.277 e. The minimum atomic E-state index is -0.462. The standard InChI is InChI=1S/C20H19N3O4S/c24-18(21-11-10-14-6-2-1-3-7-14)13-28-20-23-22-19(27-20)17-12-25-15-8-4-5-9-16(15)26-17/h1-9,17H,10-13H2,(H,21,24)/t17-/m0/s1. The summed E-state index contributed by atoms with van der Waals surface area (Å²) >= 11 is 1.20. The average molecular weight is 397 g/mol. The van der Waals surface area contributed by atoms with Gasteiger partial charge in [0.2, 0.25) is 12.0 Å². The highest BCUT2D eigenvalue weighted by molar-refractivity contribution is 7.99. The van der Waals surface area contributed by atoms with Gasteiger partial charge in [0.25, 0.3) is 11.1 Å². The second-order valence-electron chi connectivity index (χ2n) is 6.14. The highest BCUT2D eigenvalue weighted by Gasteiger charge is 2.27. The van der Waals surface area contributed by atoms with E-state index in [-0.39, 0.29) is 11.7 Å². The summed E-state index contributed by atoms with van der Waals surface area (Å²) in [6, 6.07) is 17.4. The molecule has 0 unspecified atom stereocenters. The molecule has 0 bridgehead atoms. The van der Waals surface area contributed by atoms with Crippen molar-refractivity contribution >= 4 is 17.7 Å². The van der Waals surface area contributed by atoms with Crippen LogP contribution in [0.3, 0.4) is 0 Å². The summed E-state index contributed by atoms with van der Waals surface area (Å²) in [5.41, 5.74) is 1.19. The fraction of sp³-hybridized carbons (Fsp3) is 0.250. The number of thioether (sulfide) groups is 1. The van der Waals surface area contributed by atoms with E-state index in [0.717, 1.165) is 6.42 Å². The number of nitrogens with zero attached hydrogens (tertiary/aromatic N) is 2. The highest BCUT2D eigenvalue weighted by atomic mass is 32.2. The molecule has 1 atom stereocenters. The van der Waals surface area contributed by atoms with Crippen LogP contribution in [0.1, 0.15) is 17.6 Å². The van der Waals surface area contributed by atoms with Crippen LogP contribution in [-0.2, 0) is 11.2 Å². The third-order valence-electron chi connectivity index (χ3n) is 4.11. The Morgan fingerprint density at radius 2 is 1.86 bits per heavy atom. The van der Waals surface area contributed by atoms with Crippen molar-refractivity contribution in [2.24, 2.45) is 0 Å². The zero-order valence-electron chi connectivity index (χ0n) is 15.0. The number of hydrogen-bond acceptors (Lipinski definition) is 7. The lowest BCUT2D eigenvalue weighted by molar-refractivity contribution is -0.118. The van der Waals surface area contributed by atoms with E-state index >= 15 is 0 Å². The Labute approximate surface area is 166 Å². The van der Waals surface area contributed by atoms with Crippen molar-refractivity contribution in [1.29, 1.82) is 0 Å². The van der Waals surface area contributed by atoms with Gasteiger partial charge in [0.1, 0.15) is 6.61 Å².